The lowest BCUT2D eigenvalue weighted by Crippen LogP contribution is -2.53. The van der Waals surface area contributed by atoms with Crippen LogP contribution in [-0.4, -0.2) is 241 Å². The van der Waals surface area contributed by atoms with Crippen LogP contribution in [0, 0.1) is 6.92 Å². The predicted molar refractivity (Wildman–Crippen MR) is 317 cm³/mol. The van der Waals surface area contributed by atoms with Gasteiger partial charge in [-0.3, -0.25) is 48.4 Å². The van der Waals surface area contributed by atoms with Crippen LogP contribution in [0.3, 0.4) is 0 Å². The highest BCUT2D eigenvalue weighted by Crippen LogP contribution is 2.31. The molecule has 476 valence electrons. The van der Waals surface area contributed by atoms with Crippen molar-refractivity contribution in [3.05, 3.63) is 111 Å². The Morgan fingerprint density at radius 1 is 0.667 bits per heavy atom. The molecule has 1 saturated heterocycles. The number of aliphatic hydroxyl groups is 2. The molecule has 1 unspecified atom stereocenters. The zero-order valence-electron chi connectivity index (χ0n) is 48.7. The number of aryl methyl sites for hydroxylation is 1. The molecule has 87 heavy (non-hydrogen) atoms. The first-order chi connectivity index (χ1) is 41.7. The summed E-state index contributed by atoms with van der Waals surface area (Å²) in [4.78, 5) is 108. The Balaban J connectivity index is 1.15. The number of nitrogens with zero attached hydrogens (tertiary/aromatic N) is 5. The summed E-state index contributed by atoms with van der Waals surface area (Å²) in [7, 11) is 0. The SMILES string of the molecule is CC(=O)CN1CCN(CC(=O)O)CCN(CC(=O)O)C(Cc2ccc(NC(=O)NCCOCCOCCOc3c(C)cn(Cc4c(Cl)cccc4OCCO)c(=O)c3NC(=O)N[C@@H](CC(=O)O)c3cccc(OCCO)c3)cc2)CN(CC(=O)O)CC1. The van der Waals surface area contributed by atoms with E-state index >= 15 is 0 Å². The molecule has 0 aliphatic carbocycles. The van der Waals surface area contributed by atoms with Gasteiger partial charge in [-0.05, 0) is 67.8 Å². The number of Topliss-reactive ketones (excluding diaryl/α,β-unsaturated/α-hetero) is 1. The van der Waals surface area contributed by atoms with Crippen LogP contribution in [0.15, 0.2) is 77.7 Å². The van der Waals surface area contributed by atoms with Gasteiger partial charge in [0.1, 0.15) is 37.1 Å². The van der Waals surface area contributed by atoms with Gasteiger partial charge in [0.05, 0.1) is 84.8 Å². The zero-order chi connectivity index (χ0) is 63.3. The Bertz CT molecular complexity index is 2970. The number of carbonyl (C=O) groups is 7. The number of rotatable bonds is 34. The Hall–Kier alpha value is -7.93. The highest BCUT2D eigenvalue weighted by molar-refractivity contribution is 6.31. The number of carboxylic acid groups (broad SMARTS) is 4. The van der Waals surface area contributed by atoms with E-state index in [0.29, 0.717) is 47.0 Å². The topological polar surface area (TPSA) is 370 Å². The largest absolute Gasteiger partial charge is 0.491 e. The summed E-state index contributed by atoms with van der Waals surface area (Å²) in [6, 6.07) is 15.0. The van der Waals surface area contributed by atoms with Crippen LogP contribution in [0.2, 0.25) is 5.02 Å². The quantitative estimate of drug-likeness (QED) is 0.0300. The van der Waals surface area contributed by atoms with Crippen LogP contribution in [-0.2, 0) is 46.4 Å². The number of hydrogen-bond acceptors (Lipinski definition) is 19. The molecule has 0 radical (unpaired) electrons. The first-order valence-corrected chi connectivity index (χ1v) is 28.5. The van der Waals surface area contributed by atoms with Gasteiger partial charge in [0.15, 0.2) is 11.4 Å². The molecule has 1 fully saturated rings. The molecule has 1 aliphatic heterocycles. The summed E-state index contributed by atoms with van der Waals surface area (Å²) < 4.78 is 29.8. The molecular weight excluding hydrogens is 1160 g/mol. The van der Waals surface area contributed by atoms with E-state index in [0.717, 1.165) is 5.56 Å². The van der Waals surface area contributed by atoms with Crippen molar-refractivity contribution in [2.75, 3.05) is 149 Å². The number of anilines is 2. The van der Waals surface area contributed by atoms with E-state index in [1.807, 2.05) is 4.90 Å². The van der Waals surface area contributed by atoms with Crippen LogP contribution >= 0.6 is 11.6 Å². The molecule has 3 aromatic carbocycles. The fraction of sp³-hybridized carbons (Fsp3) is 0.483. The van der Waals surface area contributed by atoms with Gasteiger partial charge in [-0.25, -0.2) is 9.59 Å². The molecule has 0 bridgehead atoms. The molecular formula is C58H78ClN9O19. The van der Waals surface area contributed by atoms with Crippen LogP contribution in [0.1, 0.15) is 41.6 Å². The highest BCUT2D eigenvalue weighted by Gasteiger charge is 2.29. The molecule has 4 aromatic rings. The summed E-state index contributed by atoms with van der Waals surface area (Å²) in [6.45, 7) is 3.60. The van der Waals surface area contributed by atoms with Gasteiger partial charge < -0.3 is 80.2 Å². The highest BCUT2D eigenvalue weighted by atomic mass is 35.5. The Labute approximate surface area is 507 Å². The molecule has 2 atom stereocenters. The van der Waals surface area contributed by atoms with E-state index in [-0.39, 0.29) is 160 Å². The molecule has 0 spiro atoms. The maximum absolute atomic E-state index is 14.3. The van der Waals surface area contributed by atoms with Crippen LogP contribution < -0.4 is 41.0 Å². The summed E-state index contributed by atoms with van der Waals surface area (Å²) >= 11 is 6.56. The molecule has 0 saturated carbocycles. The number of carboxylic acids is 4. The number of carbonyl (C=O) groups excluding carboxylic acids is 3. The fourth-order valence-electron chi connectivity index (χ4n) is 9.49. The second kappa shape index (κ2) is 36.9. The van der Waals surface area contributed by atoms with E-state index in [1.165, 1.54) is 23.8 Å². The number of hydrogen-bond donors (Lipinski definition) is 10. The van der Waals surface area contributed by atoms with E-state index in [4.69, 9.17) is 35.3 Å². The third kappa shape index (κ3) is 25.1. The maximum Gasteiger partial charge on any atom is 0.319 e. The molecule has 4 amide bonds. The number of aromatic nitrogens is 1. The molecule has 1 aliphatic rings. The van der Waals surface area contributed by atoms with E-state index in [9.17, 15) is 69.0 Å². The van der Waals surface area contributed by atoms with Crippen LogP contribution in [0.4, 0.5) is 21.0 Å². The zero-order valence-corrected chi connectivity index (χ0v) is 49.4. The van der Waals surface area contributed by atoms with Crippen molar-refractivity contribution in [2.45, 2.75) is 45.3 Å². The number of urea groups is 2. The Morgan fingerprint density at radius 2 is 1.29 bits per heavy atom. The van der Waals surface area contributed by atoms with Crippen LogP contribution in [0.25, 0.3) is 0 Å². The monoisotopic (exact) mass is 1240 g/mol. The van der Waals surface area contributed by atoms with Crippen molar-refractivity contribution in [3.8, 4) is 17.2 Å². The number of benzene rings is 3. The molecule has 28 nitrogen and oxygen atoms in total. The first-order valence-electron chi connectivity index (χ1n) is 28.1. The minimum absolute atomic E-state index is 0.00297. The minimum Gasteiger partial charge on any atom is -0.491 e. The summed E-state index contributed by atoms with van der Waals surface area (Å²) in [6.07, 6.45) is 1.25. The number of aliphatic carboxylic acids is 4. The number of pyridine rings is 1. The standard InChI is InChI=1S/C58H78ClN9O19/c1-39-32-68(35-46-47(59)7-4-8-49(46)86-24-21-70)56(80)54(63-58(82)62-48(31-50(72)73)42-5-3-6-45(30-42)85-23-20-69)55(39)87-28-27-84-26-25-83-22-13-60-57(81)61-43-11-9-41(10-12-43)29-44-34-66(37-52(76)77)17-16-64(33-40(2)71)14-15-65(36-51(74)75)18-19-67(44)38-53(78)79/h3-12,30,32,44,48,69-70H,13-29,31,33-38H2,1-2H3,(H,72,73)(H,74,75)(H,76,77)(H,78,79)(H2,60,61,81)(H2,62,63,82)/t44?,48-/m0/s1. The smallest absolute Gasteiger partial charge is 0.319 e. The third-order valence-electron chi connectivity index (χ3n) is 13.4. The van der Waals surface area contributed by atoms with Crippen molar-refractivity contribution in [1.82, 2.24) is 34.8 Å². The van der Waals surface area contributed by atoms with Gasteiger partial charge in [-0.2, -0.15) is 0 Å². The van der Waals surface area contributed by atoms with Crippen molar-refractivity contribution >= 4 is 64.7 Å². The van der Waals surface area contributed by atoms with Gasteiger partial charge in [-0.15, -0.1) is 0 Å². The lowest BCUT2D eigenvalue weighted by molar-refractivity contribution is -0.141. The van der Waals surface area contributed by atoms with Gasteiger partial charge in [0.25, 0.3) is 5.56 Å². The van der Waals surface area contributed by atoms with Crippen molar-refractivity contribution in [1.29, 1.82) is 0 Å². The van der Waals surface area contributed by atoms with Gasteiger partial charge in [0, 0.05) is 86.4 Å². The average Bonchev–Trinajstić information content (AvgIpc) is 3.03. The number of nitrogens with one attached hydrogen (secondary N) is 4. The van der Waals surface area contributed by atoms with E-state index in [1.54, 1.807) is 82.3 Å². The number of aliphatic hydroxyl groups excluding tert-OH is 2. The Morgan fingerprint density at radius 3 is 1.95 bits per heavy atom. The second-order valence-corrected chi connectivity index (χ2v) is 20.7. The summed E-state index contributed by atoms with van der Waals surface area (Å²) in [5, 5.41) is 68.7. The van der Waals surface area contributed by atoms with Crippen molar-refractivity contribution in [3.63, 3.8) is 0 Å². The number of halogens is 1. The van der Waals surface area contributed by atoms with Crippen LogP contribution in [0.5, 0.6) is 17.2 Å². The molecule has 5 rings (SSSR count). The van der Waals surface area contributed by atoms with Crippen molar-refractivity contribution < 1.29 is 87.9 Å². The normalized spacial score (nSPS) is 15.0. The number of ketones is 1. The van der Waals surface area contributed by atoms with Gasteiger partial charge >= 0.3 is 35.9 Å². The van der Waals surface area contributed by atoms with Crippen molar-refractivity contribution in [2.24, 2.45) is 0 Å². The third-order valence-corrected chi connectivity index (χ3v) is 13.8. The molecule has 2 heterocycles. The number of ether oxygens (including phenoxy) is 5. The lowest BCUT2D eigenvalue weighted by Gasteiger charge is -2.37. The average molecular weight is 1240 g/mol. The minimum atomic E-state index is -1.23. The van der Waals surface area contributed by atoms with Gasteiger partial charge in [-0.1, -0.05) is 41.9 Å². The van der Waals surface area contributed by atoms with E-state index < -0.39 is 60.0 Å². The second-order valence-electron chi connectivity index (χ2n) is 20.3. The van der Waals surface area contributed by atoms with Gasteiger partial charge in [0.2, 0.25) is 0 Å². The summed E-state index contributed by atoms with van der Waals surface area (Å²) in [5.74, 6) is -3.92. The summed E-state index contributed by atoms with van der Waals surface area (Å²) in [5.41, 5.74) is 1.41. The maximum atomic E-state index is 14.3. The van der Waals surface area contributed by atoms with E-state index in [2.05, 4.69) is 21.3 Å². The molecule has 29 heteroatoms. The Kier molecular flexibility index (Phi) is 29.6. The number of amides is 4. The molecule has 1 aromatic heterocycles. The molecule has 10 N–H and O–H groups in total. The first kappa shape index (κ1) is 69.8. The fourth-order valence-corrected chi connectivity index (χ4v) is 9.71. The predicted octanol–water partition coefficient (Wildman–Crippen LogP) is 2.15. The lowest BCUT2D eigenvalue weighted by atomic mass is 10.0.